The van der Waals surface area contributed by atoms with E-state index in [0.717, 1.165) is 26.5 Å². The summed E-state index contributed by atoms with van der Waals surface area (Å²) in [5.41, 5.74) is 2.50. The minimum Gasteiger partial charge on any atom is -0.466 e. The summed E-state index contributed by atoms with van der Waals surface area (Å²) in [6.45, 7) is 6.01. The zero-order valence-corrected chi connectivity index (χ0v) is 13.0. The molecule has 108 valence electrons. The molecule has 0 aliphatic rings. The molecule has 1 amide bonds. The average Bonchev–Trinajstić information content (AvgIpc) is 2.97. The molecule has 4 nitrogen and oxygen atoms in total. The van der Waals surface area contributed by atoms with Crippen molar-refractivity contribution in [1.82, 2.24) is 10.3 Å². The highest BCUT2D eigenvalue weighted by atomic mass is 32.1. The number of carbonyl (C=O) groups is 1. The SMILES string of the molecule is Cc1oc(C)c(C(=O)NCc2nc3ccccc3s2)c1C. The molecule has 0 spiro atoms. The first-order valence-corrected chi connectivity index (χ1v) is 7.57. The molecule has 0 saturated carbocycles. The Bertz CT molecular complexity index is 784. The molecule has 5 heteroatoms. The van der Waals surface area contributed by atoms with Crippen LogP contribution in [0.5, 0.6) is 0 Å². The Balaban J connectivity index is 1.76. The van der Waals surface area contributed by atoms with Gasteiger partial charge in [-0.2, -0.15) is 0 Å². The van der Waals surface area contributed by atoms with Gasteiger partial charge in [-0.15, -0.1) is 11.3 Å². The number of carbonyl (C=O) groups excluding carboxylic acids is 1. The molecule has 0 saturated heterocycles. The minimum absolute atomic E-state index is 0.110. The standard InChI is InChI=1S/C16H16N2O2S/c1-9-10(2)20-11(3)15(9)16(19)17-8-14-18-12-6-4-5-7-13(12)21-14/h4-7H,8H2,1-3H3,(H,17,19). The number of amides is 1. The van der Waals surface area contributed by atoms with E-state index in [9.17, 15) is 4.79 Å². The summed E-state index contributed by atoms with van der Waals surface area (Å²) in [5.74, 6) is 1.34. The first kappa shape index (κ1) is 13.8. The second-order valence-electron chi connectivity index (χ2n) is 4.97. The lowest BCUT2D eigenvalue weighted by molar-refractivity contribution is 0.0949. The van der Waals surface area contributed by atoms with Crippen LogP contribution in [0.1, 0.15) is 32.4 Å². The van der Waals surface area contributed by atoms with Crippen molar-refractivity contribution in [2.75, 3.05) is 0 Å². The highest BCUT2D eigenvalue weighted by Crippen LogP contribution is 2.23. The number of aromatic nitrogens is 1. The van der Waals surface area contributed by atoms with E-state index < -0.39 is 0 Å². The van der Waals surface area contributed by atoms with Crippen LogP contribution >= 0.6 is 11.3 Å². The Hall–Kier alpha value is -2.14. The lowest BCUT2D eigenvalue weighted by Gasteiger charge is -2.03. The van der Waals surface area contributed by atoms with Gasteiger partial charge in [0.1, 0.15) is 16.5 Å². The van der Waals surface area contributed by atoms with Gasteiger partial charge < -0.3 is 9.73 Å². The molecule has 21 heavy (non-hydrogen) atoms. The van der Waals surface area contributed by atoms with Crippen molar-refractivity contribution in [3.05, 3.63) is 51.9 Å². The number of para-hydroxylation sites is 1. The fraction of sp³-hybridized carbons (Fsp3) is 0.250. The van der Waals surface area contributed by atoms with E-state index in [4.69, 9.17) is 4.42 Å². The summed E-state index contributed by atoms with van der Waals surface area (Å²) in [4.78, 5) is 16.8. The molecule has 0 aliphatic carbocycles. The van der Waals surface area contributed by atoms with Crippen LogP contribution in [0.2, 0.25) is 0 Å². The van der Waals surface area contributed by atoms with E-state index in [-0.39, 0.29) is 5.91 Å². The average molecular weight is 300 g/mol. The van der Waals surface area contributed by atoms with Crippen molar-refractivity contribution >= 4 is 27.5 Å². The van der Waals surface area contributed by atoms with Gasteiger partial charge >= 0.3 is 0 Å². The highest BCUT2D eigenvalue weighted by molar-refractivity contribution is 7.18. The molecule has 1 N–H and O–H groups in total. The summed E-state index contributed by atoms with van der Waals surface area (Å²) >= 11 is 1.60. The van der Waals surface area contributed by atoms with E-state index in [1.54, 1.807) is 11.3 Å². The number of nitrogens with one attached hydrogen (secondary N) is 1. The van der Waals surface area contributed by atoms with Gasteiger partial charge in [0.2, 0.25) is 0 Å². The predicted molar refractivity (Wildman–Crippen MR) is 83.7 cm³/mol. The summed E-state index contributed by atoms with van der Waals surface area (Å²) in [6.07, 6.45) is 0. The van der Waals surface area contributed by atoms with E-state index in [2.05, 4.69) is 10.3 Å². The Morgan fingerprint density at radius 1 is 1.24 bits per heavy atom. The van der Waals surface area contributed by atoms with Gasteiger partial charge in [-0.05, 0) is 32.9 Å². The first-order valence-electron chi connectivity index (χ1n) is 6.75. The summed E-state index contributed by atoms with van der Waals surface area (Å²) in [7, 11) is 0. The van der Waals surface area contributed by atoms with Crippen LogP contribution in [0.25, 0.3) is 10.2 Å². The van der Waals surface area contributed by atoms with Crippen LogP contribution in [0, 0.1) is 20.8 Å². The molecule has 2 aromatic heterocycles. The fourth-order valence-corrected chi connectivity index (χ4v) is 3.27. The number of fused-ring (bicyclic) bond motifs is 1. The summed E-state index contributed by atoms with van der Waals surface area (Å²) < 4.78 is 6.63. The lowest BCUT2D eigenvalue weighted by atomic mass is 10.1. The van der Waals surface area contributed by atoms with Crippen molar-refractivity contribution in [3.8, 4) is 0 Å². The molecule has 0 radical (unpaired) electrons. The number of rotatable bonds is 3. The van der Waals surface area contributed by atoms with Gasteiger partial charge in [0.25, 0.3) is 5.91 Å². The number of benzene rings is 1. The Morgan fingerprint density at radius 2 is 2.00 bits per heavy atom. The van der Waals surface area contributed by atoms with E-state index in [1.165, 1.54) is 0 Å². The van der Waals surface area contributed by atoms with Crippen molar-refractivity contribution in [1.29, 1.82) is 0 Å². The zero-order chi connectivity index (χ0) is 15.0. The van der Waals surface area contributed by atoms with Crippen LogP contribution in [0.15, 0.2) is 28.7 Å². The highest BCUT2D eigenvalue weighted by Gasteiger charge is 2.18. The maximum absolute atomic E-state index is 12.3. The van der Waals surface area contributed by atoms with E-state index in [1.807, 2.05) is 45.0 Å². The zero-order valence-electron chi connectivity index (χ0n) is 12.2. The Kier molecular flexibility index (Phi) is 3.51. The third-order valence-corrected chi connectivity index (χ3v) is 4.56. The van der Waals surface area contributed by atoms with E-state index in [0.29, 0.717) is 17.9 Å². The maximum atomic E-state index is 12.3. The number of thiazole rings is 1. The number of aryl methyl sites for hydroxylation is 2. The van der Waals surface area contributed by atoms with Gasteiger partial charge in [0, 0.05) is 5.56 Å². The van der Waals surface area contributed by atoms with Crippen molar-refractivity contribution in [2.45, 2.75) is 27.3 Å². The second kappa shape index (κ2) is 5.33. The van der Waals surface area contributed by atoms with Crippen LogP contribution in [-0.4, -0.2) is 10.9 Å². The molecular formula is C16H16N2O2S. The van der Waals surface area contributed by atoms with Crippen LogP contribution in [0.3, 0.4) is 0 Å². The minimum atomic E-state index is -0.110. The largest absolute Gasteiger partial charge is 0.466 e. The summed E-state index contributed by atoms with van der Waals surface area (Å²) in [5, 5.41) is 3.82. The molecule has 3 rings (SSSR count). The Morgan fingerprint density at radius 3 is 2.67 bits per heavy atom. The number of nitrogens with zero attached hydrogens (tertiary/aromatic N) is 1. The molecule has 0 fully saturated rings. The smallest absolute Gasteiger partial charge is 0.255 e. The van der Waals surface area contributed by atoms with Crippen LogP contribution in [-0.2, 0) is 6.54 Å². The molecule has 1 aromatic carbocycles. The van der Waals surface area contributed by atoms with E-state index >= 15 is 0 Å². The molecule has 3 aromatic rings. The fourth-order valence-electron chi connectivity index (χ4n) is 2.37. The number of furan rings is 1. The first-order chi connectivity index (χ1) is 10.1. The third kappa shape index (κ3) is 2.56. The van der Waals surface area contributed by atoms with Gasteiger partial charge in [-0.25, -0.2) is 4.98 Å². The maximum Gasteiger partial charge on any atom is 0.255 e. The van der Waals surface area contributed by atoms with Gasteiger partial charge in [-0.3, -0.25) is 4.79 Å². The lowest BCUT2D eigenvalue weighted by Crippen LogP contribution is -2.23. The van der Waals surface area contributed by atoms with Gasteiger partial charge in [0.05, 0.1) is 22.3 Å². The van der Waals surface area contributed by atoms with Gasteiger partial charge in [-0.1, -0.05) is 12.1 Å². The van der Waals surface area contributed by atoms with Crippen molar-refractivity contribution < 1.29 is 9.21 Å². The van der Waals surface area contributed by atoms with Gasteiger partial charge in [0.15, 0.2) is 0 Å². The summed E-state index contributed by atoms with van der Waals surface area (Å²) in [6, 6.07) is 7.96. The second-order valence-corrected chi connectivity index (χ2v) is 6.09. The quantitative estimate of drug-likeness (QED) is 0.801. The topological polar surface area (TPSA) is 55.1 Å². The molecule has 0 unspecified atom stereocenters. The molecule has 2 heterocycles. The third-order valence-electron chi connectivity index (χ3n) is 3.53. The molecular weight excluding hydrogens is 284 g/mol. The normalized spacial score (nSPS) is 11.0. The molecule has 0 bridgehead atoms. The number of hydrogen-bond acceptors (Lipinski definition) is 4. The predicted octanol–water partition coefficient (Wildman–Crippen LogP) is 3.74. The molecule has 0 aliphatic heterocycles. The van der Waals surface area contributed by atoms with Crippen LogP contribution < -0.4 is 5.32 Å². The number of hydrogen-bond donors (Lipinski definition) is 1. The van der Waals surface area contributed by atoms with Crippen molar-refractivity contribution in [2.24, 2.45) is 0 Å². The Labute approximate surface area is 126 Å². The van der Waals surface area contributed by atoms with Crippen LogP contribution in [0.4, 0.5) is 0 Å². The monoisotopic (exact) mass is 300 g/mol. The van der Waals surface area contributed by atoms with Crippen molar-refractivity contribution in [3.63, 3.8) is 0 Å². The molecule has 0 atom stereocenters.